The molecule has 158 valence electrons. The second-order valence-corrected chi connectivity index (χ2v) is 7.51. The van der Waals surface area contributed by atoms with E-state index in [0.29, 0.717) is 12.4 Å². The first-order chi connectivity index (χ1) is 14.0. The summed E-state index contributed by atoms with van der Waals surface area (Å²) in [6.07, 6.45) is 5.78. The molecule has 1 fully saturated rings. The van der Waals surface area contributed by atoms with Gasteiger partial charge in [-0.3, -0.25) is 10.1 Å². The largest absolute Gasteiger partial charge is 0.490 e. The van der Waals surface area contributed by atoms with Crippen LogP contribution in [0.1, 0.15) is 62.9 Å². The molecule has 2 aromatic rings. The molecule has 1 heterocycles. The third-order valence-electron chi connectivity index (χ3n) is 5.45. The van der Waals surface area contributed by atoms with Crippen molar-refractivity contribution in [3.05, 3.63) is 39.7 Å². The van der Waals surface area contributed by atoms with Crippen molar-refractivity contribution in [3.8, 4) is 5.75 Å². The number of aryl methyl sites for hydroxylation is 1. The number of unbranched alkanes of at least 4 members (excludes halogenated alkanes) is 1. The number of hydrogen-bond acceptors (Lipinski definition) is 8. The predicted octanol–water partition coefficient (Wildman–Crippen LogP) is 2.34. The lowest BCUT2D eigenvalue weighted by Gasteiger charge is -2.30. The Morgan fingerprint density at radius 1 is 1.38 bits per heavy atom. The van der Waals surface area contributed by atoms with E-state index in [1.807, 2.05) is 6.07 Å². The molecule has 10 heteroatoms. The van der Waals surface area contributed by atoms with Crippen LogP contribution in [-0.4, -0.2) is 44.3 Å². The fraction of sp³-hybridized carbons (Fsp3) is 0.632. The van der Waals surface area contributed by atoms with Gasteiger partial charge in [0.15, 0.2) is 11.6 Å². The highest BCUT2D eigenvalue weighted by Gasteiger charge is 2.28. The van der Waals surface area contributed by atoms with E-state index in [9.17, 15) is 10.1 Å². The second kappa shape index (κ2) is 9.75. The summed E-state index contributed by atoms with van der Waals surface area (Å²) in [4.78, 5) is 11.1. The first-order valence-electron chi connectivity index (χ1n) is 10.1. The van der Waals surface area contributed by atoms with Crippen LogP contribution in [-0.2, 0) is 6.54 Å². The number of nitro groups is 1. The molecule has 1 saturated carbocycles. The summed E-state index contributed by atoms with van der Waals surface area (Å²) in [5.41, 5.74) is 6.71. The van der Waals surface area contributed by atoms with E-state index >= 15 is 0 Å². The number of nitrogens with zero attached hydrogens (tertiary/aromatic N) is 5. The first-order valence-corrected chi connectivity index (χ1v) is 10.1. The molecular weight excluding hydrogens is 374 g/mol. The van der Waals surface area contributed by atoms with Gasteiger partial charge in [0.2, 0.25) is 0 Å². The maximum atomic E-state index is 11.5. The molecule has 1 aromatic carbocycles. The number of tetrazole rings is 1. The van der Waals surface area contributed by atoms with Crippen molar-refractivity contribution in [1.29, 1.82) is 0 Å². The molecular formula is C19H29N7O3. The molecule has 0 saturated heterocycles. The number of ether oxygens (including phenoxy) is 1. The summed E-state index contributed by atoms with van der Waals surface area (Å²) in [5.74, 6) is 0.888. The Morgan fingerprint density at radius 3 is 2.79 bits per heavy atom. The van der Waals surface area contributed by atoms with Gasteiger partial charge >= 0.3 is 5.69 Å². The molecule has 0 radical (unpaired) electrons. The third-order valence-corrected chi connectivity index (χ3v) is 5.45. The molecule has 29 heavy (non-hydrogen) atoms. The van der Waals surface area contributed by atoms with E-state index in [2.05, 4.69) is 27.8 Å². The van der Waals surface area contributed by atoms with Crippen LogP contribution in [0.5, 0.6) is 5.75 Å². The van der Waals surface area contributed by atoms with Crippen molar-refractivity contribution < 1.29 is 9.66 Å². The standard InChI is InChI=1S/C19H29N7O3/c1-3-4-11-25-19(22-23-24-25)18(21-15-8-6-14(20)7-9-15)13-5-10-17(29-2)16(12-13)26(27)28/h5,10,12,14-15,18,21H,3-4,6-9,11,20H2,1-2H3. The zero-order valence-electron chi connectivity index (χ0n) is 17.0. The topological polar surface area (TPSA) is 134 Å². The molecule has 3 N–H and O–H groups in total. The van der Waals surface area contributed by atoms with Gasteiger partial charge in [0, 0.05) is 24.7 Å². The number of aromatic nitrogens is 4. The zero-order valence-corrected chi connectivity index (χ0v) is 17.0. The number of nitrogens with one attached hydrogen (secondary N) is 1. The lowest BCUT2D eigenvalue weighted by molar-refractivity contribution is -0.385. The fourth-order valence-electron chi connectivity index (χ4n) is 3.76. The van der Waals surface area contributed by atoms with Crippen molar-refractivity contribution in [2.75, 3.05) is 7.11 Å². The number of rotatable bonds is 9. The molecule has 0 amide bonds. The average Bonchev–Trinajstić information content (AvgIpc) is 3.19. The second-order valence-electron chi connectivity index (χ2n) is 7.51. The maximum Gasteiger partial charge on any atom is 0.311 e. The minimum Gasteiger partial charge on any atom is -0.490 e. The number of nitrogens with two attached hydrogens (primary N) is 1. The molecule has 1 aliphatic carbocycles. The monoisotopic (exact) mass is 403 g/mol. The Labute approximate surface area is 170 Å². The predicted molar refractivity (Wildman–Crippen MR) is 108 cm³/mol. The van der Waals surface area contributed by atoms with Crippen LogP contribution >= 0.6 is 0 Å². The molecule has 1 aliphatic rings. The van der Waals surface area contributed by atoms with E-state index in [1.54, 1.807) is 16.8 Å². The van der Waals surface area contributed by atoms with E-state index < -0.39 is 4.92 Å². The van der Waals surface area contributed by atoms with Crippen LogP contribution < -0.4 is 15.8 Å². The summed E-state index contributed by atoms with van der Waals surface area (Å²) < 4.78 is 6.93. The van der Waals surface area contributed by atoms with Gasteiger partial charge in [-0.15, -0.1) is 5.10 Å². The first kappa shape index (κ1) is 21.1. The van der Waals surface area contributed by atoms with Gasteiger partial charge in [-0.1, -0.05) is 19.4 Å². The summed E-state index contributed by atoms with van der Waals surface area (Å²) in [6.45, 7) is 2.81. The molecule has 1 atom stereocenters. The summed E-state index contributed by atoms with van der Waals surface area (Å²) in [6, 6.07) is 5.13. The van der Waals surface area contributed by atoms with Crippen LogP contribution in [0.15, 0.2) is 18.2 Å². The summed E-state index contributed by atoms with van der Waals surface area (Å²) >= 11 is 0. The van der Waals surface area contributed by atoms with Crippen molar-refractivity contribution in [2.45, 2.75) is 70.1 Å². The molecule has 0 spiro atoms. The lowest BCUT2D eigenvalue weighted by Crippen LogP contribution is -2.40. The highest BCUT2D eigenvalue weighted by atomic mass is 16.6. The minimum atomic E-state index is -0.431. The van der Waals surface area contributed by atoms with Crippen molar-refractivity contribution in [3.63, 3.8) is 0 Å². The van der Waals surface area contributed by atoms with Crippen molar-refractivity contribution in [1.82, 2.24) is 25.5 Å². The highest BCUT2D eigenvalue weighted by Crippen LogP contribution is 2.32. The molecule has 0 bridgehead atoms. The van der Waals surface area contributed by atoms with Crippen LogP contribution in [0, 0.1) is 10.1 Å². The number of methoxy groups -OCH3 is 1. The number of benzene rings is 1. The Bertz CT molecular complexity index is 818. The van der Waals surface area contributed by atoms with Gasteiger partial charge in [0.05, 0.1) is 18.1 Å². The Kier molecular flexibility index (Phi) is 7.10. The van der Waals surface area contributed by atoms with E-state index in [4.69, 9.17) is 10.5 Å². The third kappa shape index (κ3) is 5.07. The quantitative estimate of drug-likeness (QED) is 0.481. The molecule has 10 nitrogen and oxygen atoms in total. The Balaban J connectivity index is 1.96. The van der Waals surface area contributed by atoms with Gasteiger partial charge in [-0.05, 0) is 54.2 Å². The van der Waals surface area contributed by atoms with Gasteiger partial charge < -0.3 is 15.8 Å². The van der Waals surface area contributed by atoms with Crippen LogP contribution in [0.2, 0.25) is 0 Å². The smallest absolute Gasteiger partial charge is 0.311 e. The van der Waals surface area contributed by atoms with Crippen LogP contribution in [0.25, 0.3) is 0 Å². The van der Waals surface area contributed by atoms with Crippen molar-refractivity contribution in [2.24, 2.45) is 5.73 Å². The number of nitro benzene ring substituents is 1. The minimum absolute atomic E-state index is 0.0740. The highest BCUT2D eigenvalue weighted by molar-refractivity contribution is 5.50. The Hall–Kier alpha value is -2.59. The molecule has 1 aromatic heterocycles. The average molecular weight is 403 g/mol. The van der Waals surface area contributed by atoms with Gasteiger partial charge in [-0.25, -0.2) is 4.68 Å². The van der Waals surface area contributed by atoms with Gasteiger partial charge in [-0.2, -0.15) is 0 Å². The molecule has 1 unspecified atom stereocenters. The summed E-state index contributed by atoms with van der Waals surface area (Å²) in [7, 11) is 1.42. The molecule has 0 aliphatic heterocycles. The van der Waals surface area contributed by atoms with Crippen LogP contribution in [0.4, 0.5) is 5.69 Å². The lowest BCUT2D eigenvalue weighted by atomic mass is 9.90. The normalized spacial score (nSPS) is 20.4. The summed E-state index contributed by atoms with van der Waals surface area (Å²) in [5, 5.41) is 27.4. The Morgan fingerprint density at radius 2 is 2.14 bits per heavy atom. The van der Waals surface area contributed by atoms with Gasteiger partial charge in [0.1, 0.15) is 0 Å². The maximum absolute atomic E-state index is 11.5. The SMILES string of the molecule is CCCCn1nnnc1C(NC1CCC(N)CC1)c1ccc(OC)c([N+](=O)[O-])c1. The fourth-order valence-corrected chi connectivity index (χ4v) is 3.76. The van der Waals surface area contributed by atoms with E-state index in [0.717, 1.165) is 44.1 Å². The zero-order chi connectivity index (χ0) is 20.8. The van der Waals surface area contributed by atoms with E-state index in [-0.39, 0.29) is 29.6 Å². The number of hydrogen-bond donors (Lipinski definition) is 2. The van der Waals surface area contributed by atoms with E-state index in [1.165, 1.54) is 7.11 Å². The van der Waals surface area contributed by atoms with Gasteiger partial charge in [0.25, 0.3) is 0 Å². The van der Waals surface area contributed by atoms with Crippen LogP contribution in [0.3, 0.4) is 0 Å². The van der Waals surface area contributed by atoms with Crippen molar-refractivity contribution >= 4 is 5.69 Å². The molecule has 3 rings (SSSR count).